The van der Waals surface area contributed by atoms with Gasteiger partial charge in [-0.25, -0.2) is 0 Å². The summed E-state index contributed by atoms with van der Waals surface area (Å²) in [5.41, 5.74) is 0. The summed E-state index contributed by atoms with van der Waals surface area (Å²) in [4.78, 5) is 24.0. The molecule has 0 spiro atoms. The molecule has 0 aromatic rings. The van der Waals surface area contributed by atoms with E-state index in [2.05, 4.69) is 5.32 Å². The Morgan fingerprint density at radius 2 is 2.00 bits per heavy atom. The predicted octanol–water partition coefficient (Wildman–Crippen LogP) is 0.254. The van der Waals surface area contributed by atoms with Gasteiger partial charge in [-0.05, 0) is 6.92 Å². The fourth-order valence-electron chi connectivity index (χ4n) is 1.11. The number of hydrogen-bond donors (Lipinski definition) is 1. The Balaban J connectivity index is 3.58. The maximum atomic E-state index is 11.2. The highest BCUT2D eigenvalue weighted by Gasteiger charge is 2.13. The number of carbonyl (C=O) groups is 2. The van der Waals surface area contributed by atoms with Crippen LogP contribution >= 0.6 is 0 Å². The Morgan fingerprint density at radius 3 is 2.50 bits per heavy atom. The number of nitrogens with one attached hydrogen (secondary N) is 1. The third kappa shape index (κ3) is 6.40. The summed E-state index contributed by atoms with van der Waals surface area (Å²) in [6, 6.07) is 0. The number of esters is 1. The van der Waals surface area contributed by atoms with Crippen LogP contribution in [-0.4, -0.2) is 50.6 Å². The molecule has 0 saturated carbocycles. The summed E-state index contributed by atoms with van der Waals surface area (Å²) in [6.07, 6.45) is 0.447. The first-order chi connectivity index (χ1) is 7.49. The lowest BCUT2D eigenvalue weighted by Crippen LogP contribution is -2.31. The highest BCUT2D eigenvalue weighted by atomic mass is 16.5. The van der Waals surface area contributed by atoms with Crippen LogP contribution in [0.4, 0.5) is 0 Å². The van der Waals surface area contributed by atoms with E-state index in [0.717, 1.165) is 0 Å². The summed E-state index contributed by atoms with van der Waals surface area (Å²) in [6.45, 7) is 5.12. The Hall–Kier alpha value is -1.10. The van der Waals surface area contributed by atoms with Crippen molar-refractivity contribution in [1.29, 1.82) is 0 Å². The van der Waals surface area contributed by atoms with E-state index < -0.39 is 0 Å². The van der Waals surface area contributed by atoms with E-state index in [4.69, 9.17) is 4.74 Å². The molecular formula is C11H22N2O3. The molecule has 1 atom stereocenters. The zero-order chi connectivity index (χ0) is 12.6. The predicted molar refractivity (Wildman–Crippen MR) is 62.0 cm³/mol. The summed E-state index contributed by atoms with van der Waals surface area (Å²) < 4.78 is 4.87. The number of ether oxygens (including phenoxy) is 1. The zero-order valence-electron chi connectivity index (χ0n) is 10.6. The minimum absolute atomic E-state index is 0.0799. The molecule has 16 heavy (non-hydrogen) atoms. The lowest BCUT2D eigenvalue weighted by molar-refractivity contribution is -0.147. The molecule has 0 radical (unpaired) electrons. The van der Waals surface area contributed by atoms with E-state index in [1.165, 1.54) is 0 Å². The monoisotopic (exact) mass is 230 g/mol. The number of carbonyl (C=O) groups excluding carboxylic acids is 2. The van der Waals surface area contributed by atoms with Crippen molar-refractivity contribution >= 4 is 11.9 Å². The van der Waals surface area contributed by atoms with Crippen molar-refractivity contribution in [3.8, 4) is 0 Å². The summed E-state index contributed by atoms with van der Waals surface area (Å²) in [5, 5.41) is 3.06. The molecule has 1 unspecified atom stereocenters. The first-order valence-corrected chi connectivity index (χ1v) is 5.56. The van der Waals surface area contributed by atoms with Crippen LogP contribution in [-0.2, 0) is 14.3 Å². The quantitative estimate of drug-likeness (QED) is 0.503. The molecule has 0 saturated heterocycles. The second kappa shape index (κ2) is 8.10. The maximum Gasteiger partial charge on any atom is 0.309 e. The van der Waals surface area contributed by atoms with E-state index in [1.54, 1.807) is 32.8 Å². The zero-order valence-corrected chi connectivity index (χ0v) is 10.6. The molecule has 1 N–H and O–H groups in total. The molecule has 0 rings (SSSR count). The van der Waals surface area contributed by atoms with Crippen molar-refractivity contribution in [2.24, 2.45) is 5.92 Å². The van der Waals surface area contributed by atoms with Crippen LogP contribution in [0, 0.1) is 5.92 Å². The lowest BCUT2D eigenvalue weighted by atomic mass is 10.2. The second-order valence-corrected chi connectivity index (χ2v) is 3.90. The fourth-order valence-corrected chi connectivity index (χ4v) is 1.11. The molecule has 0 aliphatic rings. The number of nitrogens with zero attached hydrogens (tertiary/aromatic N) is 1. The molecule has 0 aliphatic heterocycles. The van der Waals surface area contributed by atoms with Crippen LogP contribution in [0.2, 0.25) is 0 Å². The van der Waals surface area contributed by atoms with Crippen molar-refractivity contribution in [2.75, 3.05) is 33.8 Å². The maximum absolute atomic E-state index is 11.2. The van der Waals surface area contributed by atoms with Gasteiger partial charge in [0.15, 0.2) is 0 Å². The van der Waals surface area contributed by atoms with E-state index >= 15 is 0 Å². The lowest BCUT2D eigenvalue weighted by Gasteiger charge is -2.13. The van der Waals surface area contributed by atoms with E-state index in [-0.39, 0.29) is 17.8 Å². The Bertz CT molecular complexity index is 229. The van der Waals surface area contributed by atoms with Gasteiger partial charge in [-0.3, -0.25) is 9.59 Å². The van der Waals surface area contributed by atoms with Gasteiger partial charge in [-0.15, -0.1) is 0 Å². The van der Waals surface area contributed by atoms with Gasteiger partial charge < -0.3 is 15.0 Å². The van der Waals surface area contributed by atoms with Crippen molar-refractivity contribution in [2.45, 2.75) is 20.3 Å². The van der Waals surface area contributed by atoms with Crippen molar-refractivity contribution in [3.05, 3.63) is 0 Å². The normalized spacial score (nSPS) is 12.0. The molecule has 94 valence electrons. The molecule has 0 heterocycles. The van der Waals surface area contributed by atoms with Gasteiger partial charge >= 0.3 is 5.97 Å². The van der Waals surface area contributed by atoms with Gasteiger partial charge in [-0.1, -0.05) is 6.92 Å². The van der Waals surface area contributed by atoms with E-state index in [0.29, 0.717) is 26.1 Å². The van der Waals surface area contributed by atoms with Crippen molar-refractivity contribution in [3.63, 3.8) is 0 Å². The minimum Gasteiger partial charge on any atom is -0.466 e. The standard InChI is InChI=1S/C11H22N2O3/c1-5-16-11(15)9(2)8-12-7-6-10(14)13(3)4/h9,12H,5-8H2,1-4H3. The Morgan fingerprint density at radius 1 is 1.38 bits per heavy atom. The number of amides is 1. The highest BCUT2D eigenvalue weighted by molar-refractivity contribution is 5.75. The van der Waals surface area contributed by atoms with Crippen molar-refractivity contribution in [1.82, 2.24) is 10.2 Å². The topological polar surface area (TPSA) is 58.6 Å². The average molecular weight is 230 g/mol. The highest BCUT2D eigenvalue weighted by Crippen LogP contribution is 1.96. The van der Waals surface area contributed by atoms with Crippen molar-refractivity contribution < 1.29 is 14.3 Å². The average Bonchev–Trinajstić information content (AvgIpc) is 2.23. The molecule has 0 aliphatic carbocycles. The molecule has 0 aromatic heterocycles. The Labute approximate surface area is 97.1 Å². The van der Waals surface area contributed by atoms with Gasteiger partial charge in [0.1, 0.15) is 0 Å². The van der Waals surface area contributed by atoms with Gasteiger partial charge in [0.2, 0.25) is 5.91 Å². The number of rotatable bonds is 7. The molecule has 0 aromatic carbocycles. The minimum atomic E-state index is -0.200. The van der Waals surface area contributed by atoms with E-state index in [1.807, 2.05) is 0 Å². The van der Waals surface area contributed by atoms with Gasteiger partial charge in [0, 0.05) is 33.6 Å². The van der Waals surface area contributed by atoms with Crippen LogP contribution in [0.3, 0.4) is 0 Å². The second-order valence-electron chi connectivity index (χ2n) is 3.90. The fraction of sp³-hybridized carbons (Fsp3) is 0.818. The largest absolute Gasteiger partial charge is 0.466 e. The molecule has 1 amide bonds. The molecule has 0 fully saturated rings. The van der Waals surface area contributed by atoms with Crippen LogP contribution in [0.1, 0.15) is 20.3 Å². The number of hydrogen-bond acceptors (Lipinski definition) is 4. The third-order valence-electron chi connectivity index (χ3n) is 2.15. The molecule has 5 heteroatoms. The van der Waals surface area contributed by atoms with E-state index in [9.17, 15) is 9.59 Å². The summed E-state index contributed by atoms with van der Waals surface area (Å²) in [5.74, 6) is -0.292. The molecular weight excluding hydrogens is 208 g/mol. The van der Waals surface area contributed by atoms with Crippen LogP contribution < -0.4 is 5.32 Å². The van der Waals surface area contributed by atoms with Crippen LogP contribution in [0.15, 0.2) is 0 Å². The van der Waals surface area contributed by atoms with Crippen LogP contribution in [0.5, 0.6) is 0 Å². The van der Waals surface area contributed by atoms with Gasteiger partial charge in [0.25, 0.3) is 0 Å². The summed E-state index contributed by atoms with van der Waals surface area (Å²) in [7, 11) is 3.45. The Kier molecular flexibility index (Phi) is 7.54. The summed E-state index contributed by atoms with van der Waals surface area (Å²) >= 11 is 0. The SMILES string of the molecule is CCOC(=O)C(C)CNCCC(=O)N(C)C. The van der Waals surface area contributed by atoms with Gasteiger partial charge in [-0.2, -0.15) is 0 Å². The molecule has 5 nitrogen and oxygen atoms in total. The first kappa shape index (κ1) is 14.9. The first-order valence-electron chi connectivity index (χ1n) is 5.56. The smallest absolute Gasteiger partial charge is 0.309 e. The van der Waals surface area contributed by atoms with Crippen LogP contribution in [0.25, 0.3) is 0 Å². The van der Waals surface area contributed by atoms with Gasteiger partial charge in [0.05, 0.1) is 12.5 Å². The molecule has 0 bridgehead atoms. The third-order valence-corrected chi connectivity index (χ3v) is 2.15.